The third-order valence-corrected chi connectivity index (χ3v) is 3.59. The number of carboxylic acid groups (broad SMARTS) is 1. The van der Waals surface area contributed by atoms with E-state index in [0.29, 0.717) is 22.5 Å². The molecule has 0 saturated heterocycles. The molecule has 28 heavy (non-hydrogen) atoms. The molecule has 0 radical (unpaired) electrons. The fraction of sp³-hybridized carbons (Fsp3) is 0.111. The van der Waals surface area contributed by atoms with Gasteiger partial charge in [-0.15, -0.1) is 0 Å². The van der Waals surface area contributed by atoms with Crippen molar-refractivity contribution >= 4 is 11.9 Å². The predicted octanol–water partition coefficient (Wildman–Crippen LogP) is 3.43. The summed E-state index contributed by atoms with van der Waals surface area (Å²) in [5.74, 6) is -1.07. The Balaban J connectivity index is 1.94. The maximum Gasteiger partial charge on any atom is 0.422 e. The highest BCUT2D eigenvalue weighted by atomic mass is 19.4. The number of alkyl halides is 3. The van der Waals surface area contributed by atoms with Crippen molar-refractivity contribution in [1.29, 1.82) is 0 Å². The maximum atomic E-state index is 12.2. The van der Waals surface area contributed by atoms with Gasteiger partial charge in [0.05, 0.1) is 17.0 Å². The van der Waals surface area contributed by atoms with Gasteiger partial charge in [-0.2, -0.15) is 13.2 Å². The van der Waals surface area contributed by atoms with E-state index in [1.807, 2.05) is 0 Å². The first-order valence-corrected chi connectivity index (χ1v) is 7.84. The summed E-state index contributed by atoms with van der Waals surface area (Å²) in [7, 11) is 0. The summed E-state index contributed by atoms with van der Waals surface area (Å²) >= 11 is 0. The van der Waals surface area contributed by atoms with Crippen LogP contribution in [0.1, 0.15) is 10.4 Å². The number of carbonyl (C=O) groups is 1. The summed E-state index contributed by atoms with van der Waals surface area (Å²) in [5.41, 5.74) is 7.02. The van der Waals surface area contributed by atoms with Crippen molar-refractivity contribution in [1.82, 2.24) is 15.0 Å². The van der Waals surface area contributed by atoms with Crippen LogP contribution in [0.2, 0.25) is 0 Å². The molecule has 0 bridgehead atoms. The second-order valence-corrected chi connectivity index (χ2v) is 5.69. The smallest absolute Gasteiger partial charge is 0.422 e. The molecule has 0 aliphatic rings. The summed E-state index contributed by atoms with van der Waals surface area (Å²) in [5, 5.41) is 9.36. The molecule has 3 aromatic rings. The number of nitrogen functional groups attached to an aromatic ring is 1. The van der Waals surface area contributed by atoms with Gasteiger partial charge in [-0.05, 0) is 36.4 Å². The molecule has 0 saturated carbocycles. The zero-order valence-corrected chi connectivity index (χ0v) is 14.1. The topological polar surface area (TPSA) is 111 Å². The molecule has 144 valence electrons. The van der Waals surface area contributed by atoms with Gasteiger partial charge in [-0.25, -0.2) is 19.7 Å². The van der Waals surface area contributed by atoms with Crippen LogP contribution in [0.4, 0.5) is 19.1 Å². The van der Waals surface area contributed by atoms with Crippen molar-refractivity contribution in [2.75, 3.05) is 12.3 Å². The molecule has 0 aliphatic carbocycles. The minimum absolute atomic E-state index is 0.0192. The van der Waals surface area contributed by atoms with Crippen LogP contribution >= 0.6 is 0 Å². The van der Waals surface area contributed by atoms with Crippen LogP contribution in [0.15, 0.2) is 48.8 Å². The van der Waals surface area contributed by atoms with Crippen LogP contribution in [-0.4, -0.2) is 38.8 Å². The Morgan fingerprint density at radius 3 is 2.14 bits per heavy atom. The molecule has 2 heterocycles. The zero-order valence-electron chi connectivity index (χ0n) is 14.1. The number of aromatic nitrogens is 3. The third kappa shape index (κ3) is 4.72. The van der Waals surface area contributed by atoms with E-state index in [2.05, 4.69) is 19.7 Å². The highest BCUT2D eigenvalue weighted by molar-refractivity contribution is 5.90. The van der Waals surface area contributed by atoms with Gasteiger partial charge in [-0.1, -0.05) is 0 Å². The standard InChI is InChI=1S/C18H13F3N4O3/c19-18(20,21)9-28-13-3-1-10(2-4-13)14-5-11(16(26)27)6-15(25-14)12-7-23-17(22)24-8-12/h1-8H,9H2,(H,26,27)(H2,22,23,24). The van der Waals surface area contributed by atoms with Crippen molar-refractivity contribution in [3.63, 3.8) is 0 Å². The van der Waals surface area contributed by atoms with E-state index in [0.717, 1.165) is 0 Å². The quantitative estimate of drug-likeness (QED) is 0.686. The fourth-order valence-electron chi connectivity index (χ4n) is 2.31. The molecule has 0 fully saturated rings. The Hall–Kier alpha value is -3.69. The highest BCUT2D eigenvalue weighted by Gasteiger charge is 2.28. The first-order chi connectivity index (χ1) is 13.2. The lowest BCUT2D eigenvalue weighted by atomic mass is 10.1. The van der Waals surface area contributed by atoms with Crippen LogP contribution in [0.3, 0.4) is 0 Å². The third-order valence-electron chi connectivity index (χ3n) is 3.59. The normalized spacial score (nSPS) is 11.2. The number of nitrogens with two attached hydrogens (primary N) is 1. The number of halogens is 3. The number of carboxylic acids is 1. The van der Waals surface area contributed by atoms with Crippen LogP contribution in [0, 0.1) is 0 Å². The summed E-state index contributed by atoms with van der Waals surface area (Å²) < 4.78 is 41.3. The second-order valence-electron chi connectivity index (χ2n) is 5.69. The van der Waals surface area contributed by atoms with E-state index in [9.17, 15) is 23.1 Å². The molecule has 1 aromatic carbocycles. The van der Waals surface area contributed by atoms with Gasteiger partial charge in [0.15, 0.2) is 6.61 Å². The monoisotopic (exact) mass is 390 g/mol. The van der Waals surface area contributed by atoms with Gasteiger partial charge in [0, 0.05) is 23.5 Å². The Morgan fingerprint density at radius 1 is 1.04 bits per heavy atom. The summed E-state index contributed by atoms with van der Waals surface area (Å²) in [6, 6.07) is 8.40. The molecule has 0 atom stereocenters. The average molecular weight is 390 g/mol. The molecular weight excluding hydrogens is 377 g/mol. The molecule has 7 nitrogen and oxygen atoms in total. The van der Waals surface area contributed by atoms with Gasteiger partial charge < -0.3 is 15.6 Å². The Labute approximate surface area is 156 Å². The lowest BCUT2D eigenvalue weighted by Crippen LogP contribution is -2.19. The van der Waals surface area contributed by atoms with Gasteiger partial charge in [0.2, 0.25) is 5.95 Å². The van der Waals surface area contributed by atoms with Gasteiger partial charge >= 0.3 is 12.1 Å². The van der Waals surface area contributed by atoms with Crippen molar-refractivity contribution < 1.29 is 27.8 Å². The lowest BCUT2D eigenvalue weighted by molar-refractivity contribution is -0.153. The molecule has 10 heteroatoms. The molecule has 0 amide bonds. The highest BCUT2D eigenvalue weighted by Crippen LogP contribution is 2.27. The molecule has 0 spiro atoms. The number of ether oxygens (including phenoxy) is 1. The Kier molecular flexibility index (Phi) is 5.12. The number of hydrogen-bond acceptors (Lipinski definition) is 6. The first kappa shape index (κ1) is 19.1. The average Bonchev–Trinajstić information content (AvgIpc) is 2.66. The van der Waals surface area contributed by atoms with Gasteiger partial charge in [-0.3, -0.25) is 0 Å². The Morgan fingerprint density at radius 2 is 1.61 bits per heavy atom. The number of pyridine rings is 1. The van der Waals surface area contributed by atoms with E-state index in [4.69, 9.17) is 5.73 Å². The second kappa shape index (κ2) is 7.51. The fourth-order valence-corrected chi connectivity index (χ4v) is 2.31. The van der Waals surface area contributed by atoms with E-state index in [1.165, 1.54) is 48.8 Å². The van der Waals surface area contributed by atoms with Crippen LogP contribution in [-0.2, 0) is 0 Å². The largest absolute Gasteiger partial charge is 0.484 e. The summed E-state index contributed by atoms with van der Waals surface area (Å²) in [6.45, 7) is -1.40. The van der Waals surface area contributed by atoms with E-state index < -0.39 is 18.8 Å². The Bertz CT molecular complexity index is 990. The predicted molar refractivity (Wildman–Crippen MR) is 93.6 cm³/mol. The number of anilines is 1. The maximum absolute atomic E-state index is 12.2. The minimum Gasteiger partial charge on any atom is -0.484 e. The van der Waals surface area contributed by atoms with Crippen LogP contribution in [0.25, 0.3) is 22.5 Å². The van der Waals surface area contributed by atoms with Crippen molar-refractivity contribution in [2.24, 2.45) is 0 Å². The zero-order chi connectivity index (χ0) is 20.3. The number of aromatic carboxylic acids is 1. The number of rotatable bonds is 5. The summed E-state index contributed by atoms with van der Waals surface area (Å²) in [4.78, 5) is 23.6. The van der Waals surface area contributed by atoms with Crippen molar-refractivity contribution in [2.45, 2.75) is 6.18 Å². The van der Waals surface area contributed by atoms with Gasteiger partial charge in [0.25, 0.3) is 0 Å². The molecule has 3 rings (SSSR count). The molecule has 2 aromatic heterocycles. The lowest BCUT2D eigenvalue weighted by Gasteiger charge is -2.10. The van der Waals surface area contributed by atoms with E-state index in [1.54, 1.807) is 0 Å². The van der Waals surface area contributed by atoms with Crippen molar-refractivity contribution in [3.8, 4) is 28.3 Å². The molecule has 3 N–H and O–H groups in total. The summed E-state index contributed by atoms with van der Waals surface area (Å²) in [6.07, 6.45) is -1.62. The van der Waals surface area contributed by atoms with Crippen molar-refractivity contribution in [3.05, 3.63) is 54.4 Å². The van der Waals surface area contributed by atoms with Crippen LogP contribution < -0.4 is 10.5 Å². The number of hydrogen-bond donors (Lipinski definition) is 2. The minimum atomic E-state index is -4.44. The van der Waals surface area contributed by atoms with Crippen LogP contribution in [0.5, 0.6) is 5.75 Å². The molecular formula is C18H13F3N4O3. The van der Waals surface area contributed by atoms with E-state index >= 15 is 0 Å². The molecule has 0 unspecified atom stereocenters. The van der Waals surface area contributed by atoms with E-state index in [-0.39, 0.29) is 17.3 Å². The first-order valence-electron chi connectivity index (χ1n) is 7.84. The molecule has 0 aliphatic heterocycles. The number of nitrogens with zero attached hydrogens (tertiary/aromatic N) is 3. The number of benzene rings is 1. The van der Waals surface area contributed by atoms with Gasteiger partial charge in [0.1, 0.15) is 5.75 Å². The SMILES string of the molecule is Nc1ncc(-c2cc(C(=O)O)cc(-c3ccc(OCC(F)(F)F)cc3)n2)cn1.